The molecule has 9 heavy (non-hydrogen) atoms. The van der Waals surface area contributed by atoms with Gasteiger partial charge in [0, 0.05) is 9.84 Å². The molecule has 0 N–H and O–H groups in total. The van der Waals surface area contributed by atoms with Crippen LogP contribution in [0.15, 0.2) is 11.9 Å². The van der Waals surface area contributed by atoms with Crippen LogP contribution in [0, 0.1) is 0 Å². The van der Waals surface area contributed by atoms with E-state index in [2.05, 4.69) is 29.5 Å². The number of rotatable bonds is 0. The first kappa shape index (κ1) is 7.51. The summed E-state index contributed by atoms with van der Waals surface area (Å²) in [5.41, 5.74) is 0. The van der Waals surface area contributed by atoms with E-state index in [-0.39, 0.29) is 5.83 Å². The fourth-order valence-corrected chi connectivity index (χ4v) is 1.40. The van der Waals surface area contributed by atoms with Gasteiger partial charge >= 0.3 is 0 Å². The van der Waals surface area contributed by atoms with Crippen LogP contribution in [0.4, 0.5) is 4.39 Å². The van der Waals surface area contributed by atoms with E-state index in [1.54, 1.807) is 6.08 Å². The van der Waals surface area contributed by atoms with Crippen LogP contribution < -0.4 is 0 Å². The zero-order valence-corrected chi connectivity index (χ0v) is 7.61. The summed E-state index contributed by atoms with van der Waals surface area (Å²) < 4.78 is 12.7. The Kier molecular flexibility index (Phi) is 2.14. The van der Waals surface area contributed by atoms with Gasteiger partial charge in [0.25, 0.3) is 0 Å². The predicted octanol–water partition coefficient (Wildman–Crippen LogP) is 3.22. The van der Waals surface area contributed by atoms with E-state index in [1.165, 1.54) is 0 Å². The van der Waals surface area contributed by atoms with Crippen molar-refractivity contribution < 1.29 is 4.39 Å². The van der Waals surface area contributed by atoms with Crippen molar-refractivity contribution in [2.75, 3.05) is 0 Å². The summed E-state index contributed by atoms with van der Waals surface area (Å²) >= 11 is 2.39. The Labute approximate surface area is 68.7 Å². The van der Waals surface area contributed by atoms with E-state index < -0.39 is 0 Å². The molecule has 0 fully saturated rings. The monoisotopic (exact) mass is 240 g/mol. The maximum Gasteiger partial charge on any atom is 0.0960 e. The average Bonchev–Trinajstić information content (AvgIpc) is 1.78. The molecule has 1 atom stereocenters. The third kappa shape index (κ3) is 2.24. The Morgan fingerprint density at radius 2 is 2.44 bits per heavy atom. The minimum Gasteiger partial charge on any atom is -0.212 e. The minimum absolute atomic E-state index is 0.0733. The molecule has 0 bridgehead atoms. The molecule has 1 aliphatic rings. The Bertz CT molecular complexity index is 138. The lowest BCUT2D eigenvalue weighted by molar-refractivity contribution is 0.494. The van der Waals surface area contributed by atoms with Gasteiger partial charge in [0.15, 0.2) is 0 Å². The molecule has 0 nitrogen and oxygen atoms in total. The Hall–Kier alpha value is 0.400. The average molecular weight is 240 g/mol. The van der Waals surface area contributed by atoms with Crippen LogP contribution in [-0.2, 0) is 0 Å². The Morgan fingerprint density at radius 3 is 2.78 bits per heavy atom. The molecule has 1 rings (SSSR count). The molecule has 0 saturated heterocycles. The summed E-state index contributed by atoms with van der Waals surface area (Å²) in [6.45, 7) is 2.16. The summed E-state index contributed by atoms with van der Waals surface area (Å²) in [4.78, 5) is 0. The Balaban J connectivity index is 2.56. The van der Waals surface area contributed by atoms with Gasteiger partial charge in [-0.3, -0.25) is 0 Å². The second kappa shape index (κ2) is 2.56. The molecule has 0 spiro atoms. The van der Waals surface area contributed by atoms with Gasteiger partial charge in [-0.05, 0) is 12.8 Å². The summed E-state index contributed by atoms with van der Waals surface area (Å²) in [7, 11) is 0. The molecule has 0 radical (unpaired) electrons. The SMILES string of the molecule is CC1(I)CC=C(F)CC1. The molecule has 0 aromatic rings. The van der Waals surface area contributed by atoms with Crippen molar-refractivity contribution in [2.45, 2.75) is 29.6 Å². The first-order valence-electron chi connectivity index (χ1n) is 3.14. The van der Waals surface area contributed by atoms with Gasteiger partial charge in [0.2, 0.25) is 0 Å². The zero-order chi connectivity index (χ0) is 6.91. The van der Waals surface area contributed by atoms with Gasteiger partial charge in [-0.25, -0.2) is 4.39 Å². The second-order valence-electron chi connectivity index (χ2n) is 2.77. The zero-order valence-electron chi connectivity index (χ0n) is 5.45. The van der Waals surface area contributed by atoms with Crippen molar-refractivity contribution in [1.82, 2.24) is 0 Å². The van der Waals surface area contributed by atoms with Crippen molar-refractivity contribution in [1.29, 1.82) is 0 Å². The van der Waals surface area contributed by atoms with Crippen molar-refractivity contribution in [2.24, 2.45) is 0 Å². The smallest absolute Gasteiger partial charge is 0.0960 e. The number of alkyl halides is 1. The molecule has 0 aromatic heterocycles. The molecular weight excluding hydrogens is 230 g/mol. The van der Waals surface area contributed by atoms with E-state index >= 15 is 0 Å². The van der Waals surface area contributed by atoms with Crippen molar-refractivity contribution in [3.05, 3.63) is 11.9 Å². The normalized spacial score (nSPS) is 36.1. The van der Waals surface area contributed by atoms with E-state index in [4.69, 9.17) is 0 Å². The molecule has 1 aliphatic carbocycles. The van der Waals surface area contributed by atoms with Gasteiger partial charge in [0.1, 0.15) is 0 Å². The maximum absolute atomic E-state index is 12.4. The number of halogens is 2. The molecule has 1 unspecified atom stereocenters. The molecule has 0 saturated carbocycles. The first-order valence-corrected chi connectivity index (χ1v) is 4.21. The van der Waals surface area contributed by atoms with Gasteiger partial charge in [0.05, 0.1) is 5.83 Å². The summed E-state index contributed by atoms with van der Waals surface area (Å²) in [6.07, 6.45) is 4.21. The van der Waals surface area contributed by atoms with E-state index in [1.807, 2.05) is 0 Å². The van der Waals surface area contributed by atoms with Crippen LogP contribution >= 0.6 is 22.6 Å². The highest BCUT2D eigenvalue weighted by Crippen LogP contribution is 2.34. The maximum atomic E-state index is 12.4. The topological polar surface area (TPSA) is 0 Å². The van der Waals surface area contributed by atoms with Crippen molar-refractivity contribution in [3.63, 3.8) is 0 Å². The second-order valence-corrected chi connectivity index (χ2v) is 5.37. The number of hydrogen-bond acceptors (Lipinski definition) is 0. The van der Waals surface area contributed by atoms with Gasteiger partial charge in [-0.1, -0.05) is 35.6 Å². The van der Waals surface area contributed by atoms with Crippen molar-refractivity contribution in [3.8, 4) is 0 Å². The molecule has 0 aliphatic heterocycles. The van der Waals surface area contributed by atoms with E-state index in [0.29, 0.717) is 9.84 Å². The summed E-state index contributed by atoms with van der Waals surface area (Å²) in [5, 5.41) is 0. The fraction of sp³-hybridized carbons (Fsp3) is 0.714. The van der Waals surface area contributed by atoms with Crippen LogP contribution in [-0.4, -0.2) is 3.42 Å². The van der Waals surface area contributed by atoms with E-state index in [0.717, 1.165) is 12.8 Å². The van der Waals surface area contributed by atoms with Gasteiger partial charge < -0.3 is 0 Å². The van der Waals surface area contributed by atoms with Crippen LogP contribution in [0.3, 0.4) is 0 Å². The first-order chi connectivity index (χ1) is 4.10. The molecule has 0 aromatic carbocycles. The van der Waals surface area contributed by atoms with Crippen LogP contribution in [0.1, 0.15) is 26.2 Å². The standard InChI is InChI=1S/C7H10FI/c1-7(9)4-2-6(8)3-5-7/h2H,3-5H2,1H3. The predicted molar refractivity (Wildman–Crippen MR) is 45.5 cm³/mol. The van der Waals surface area contributed by atoms with Gasteiger partial charge in [-0.15, -0.1) is 0 Å². The molecule has 0 amide bonds. The number of allylic oxidation sites excluding steroid dienone is 2. The highest BCUT2D eigenvalue weighted by molar-refractivity contribution is 14.1. The van der Waals surface area contributed by atoms with Gasteiger partial charge in [-0.2, -0.15) is 0 Å². The van der Waals surface area contributed by atoms with Crippen LogP contribution in [0.5, 0.6) is 0 Å². The number of hydrogen-bond donors (Lipinski definition) is 0. The lowest BCUT2D eigenvalue weighted by Gasteiger charge is -2.23. The van der Waals surface area contributed by atoms with Crippen molar-refractivity contribution >= 4 is 22.6 Å². The molecule has 0 heterocycles. The molecular formula is C7H10FI. The summed E-state index contributed by atoms with van der Waals surface area (Å²) in [5.74, 6) is 0.0733. The lowest BCUT2D eigenvalue weighted by Crippen LogP contribution is -2.16. The van der Waals surface area contributed by atoms with Crippen LogP contribution in [0.25, 0.3) is 0 Å². The third-order valence-corrected chi connectivity index (χ3v) is 2.61. The lowest BCUT2D eigenvalue weighted by atomic mass is 9.96. The Morgan fingerprint density at radius 1 is 1.78 bits per heavy atom. The largest absolute Gasteiger partial charge is 0.212 e. The molecule has 2 heteroatoms. The summed E-state index contributed by atoms with van der Waals surface area (Å²) in [6, 6.07) is 0. The van der Waals surface area contributed by atoms with Crippen LogP contribution in [0.2, 0.25) is 0 Å². The van der Waals surface area contributed by atoms with E-state index in [9.17, 15) is 4.39 Å². The third-order valence-electron chi connectivity index (χ3n) is 1.63. The fourth-order valence-electron chi connectivity index (χ4n) is 0.908. The quantitative estimate of drug-likeness (QED) is 0.450. The highest BCUT2D eigenvalue weighted by atomic mass is 127. The minimum atomic E-state index is 0.0733. The highest BCUT2D eigenvalue weighted by Gasteiger charge is 2.22. The molecule has 52 valence electrons.